The lowest BCUT2D eigenvalue weighted by molar-refractivity contribution is -0.129. The third-order valence-corrected chi connectivity index (χ3v) is 6.35. The highest BCUT2D eigenvalue weighted by Gasteiger charge is 2.26. The van der Waals surface area contributed by atoms with Gasteiger partial charge in [0.2, 0.25) is 5.91 Å². The van der Waals surface area contributed by atoms with Gasteiger partial charge in [-0.3, -0.25) is 9.78 Å². The quantitative estimate of drug-likeness (QED) is 0.631. The summed E-state index contributed by atoms with van der Waals surface area (Å²) in [5.41, 5.74) is 2.94. The number of hydrogen-bond donors (Lipinski definition) is 1. The summed E-state index contributed by atoms with van der Waals surface area (Å²) in [6, 6.07) is 4.02. The largest absolute Gasteiger partial charge is 0.378 e. The van der Waals surface area contributed by atoms with E-state index in [1.165, 1.54) is 6.07 Å². The molecule has 2 fully saturated rings. The Morgan fingerprint density at radius 3 is 2.59 bits per heavy atom. The number of piperazine rings is 1. The van der Waals surface area contributed by atoms with Crippen molar-refractivity contribution in [2.75, 3.05) is 68.1 Å². The maximum atomic E-state index is 15.0. The van der Waals surface area contributed by atoms with Crippen molar-refractivity contribution >= 4 is 39.7 Å². The summed E-state index contributed by atoms with van der Waals surface area (Å²) in [5.74, 6) is -0.913. The number of fused-ring (bicyclic) bond motifs is 1. The second-order valence-electron chi connectivity index (χ2n) is 8.61. The third kappa shape index (κ3) is 4.21. The minimum absolute atomic E-state index is 0.0325. The van der Waals surface area contributed by atoms with E-state index in [-0.39, 0.29) is 23.4 Å². The van der Waals surface area contributed by atoms with E-state index in [1.807, 2.05) is 17.9 Å². The molecule has 4 heterocycles. The number of morpholine rings is 1. The number of pyridine rings is 2. The van der Waals surface area contributed by atoms with Gasteiger partial charge in [-0.15, -0.1) is 0 Å². The van der Waals surface area contributed by atoms with Crippen LogP contribution < -0.4 is 15.1 Å². The number of carbonyl (C=O) groups is 1. The molecule has 2 aliphatic rings. The number of amides is 1. The highest BCUT2D eigenvalue weighted by atomic mass is 19.1. The number of likely N-dealkylation sites (N-methyl/N-ethyl adjacent to an activating group) is 1. The van der Waals surface area contributed by atoms with Crippen LogP contribution in [0.3, 0.4) is 0 Å². The molecule has 0 spiro atoms. The molecule has 0 aliphatic carbocycles. The first-order chi connectivity index (χ1) is 16.4. The Bertz CT molecular complexity index is 1250. The summed E-state index contributed by atoms with van der Waals surface area (Å²) >= 11 is 0. The first-order valence-electron chi connectivity index (χ1n) is 11.2. The highest BCUT2D eigenvalue weighted by Crippen LogP contribution is 2.37. The molecule has 0 bridgehead atoms. The number of carbonyl (C=O) groups excluding carboxylic acids is 1. The van der Waals surface area contributed by atoms with Gasteiger partial charge in [0.25, 0.3) is 0 Å². The smallest absolute Gasteiger partial charge is 0.241 e. The van der Waals surface area contributed by atoms with Crippen LogP contribution in [0.15, 0.2) is 30.6 Å². The average Bonchev–Trinajstić information content (AvgIpc) is 2.83. The Morgan fingerprint density at radius 1 is 1.03 bits per heavy atom. The van der Waals surface area contributed by atoms with Crippen molar-refractivity contribution in [3.8, 4) is 0 Å². The summed E-state index contributed by atoms with van der Waals surface area (Å²) in [6.45, 7) is 5.92. The van der Waals surface area contributed by atoms with Gasteiger partial charge in [-0.05, 0) is 13.0 Å². The molecule has 1 N–H and O–H groups in total. The minimum atomic E-state index is -0.705. The van der Waals surface area contributed by atoms with E-state index < -0.39 is 11.6 Å². The van der Waals surface area contributed by atoms with Gasteiger partial charge in [0.15, 0.2) is 0 Å². The average molecular weight is 469 g/mol. The molecule has 5 rings (SSSR count). The molecular weight excluding hydrogens is 442 g/mol. The van der Waals surface area contributed by atoms with Gasteiger partial charge < -0.3 is 24.8 Å². The molecule has 2 saturated heterocycles. The lowest BCUT2D eigenvalue weighted by atomic mass is 10.1. The van der Waals surface area contributed by atoms with Crippen molar-refractivity contribution in [2.24, 2.45) is 0 Å². The summed E-state index contributed by atoms with van der Waals surface area (Å²) in [6.07, 6.45) is 3.45. The van der Waals surface area contributed by atoms with Gasteiger partial charge in [-0.2, -0.15) is 0 Å². The van der Waals surface area contributed by atoms with E-state index in [4.69, 9.17) is 4.74 Å². The molecule has 34 heavy (non-hydrogen) atoms. The van der Waals surface area contributed by atoms with Crippen LogP contribution in [0.25, 0.3) is 10.9 Å². The Morgan fingerprint density at radius 2 is 1.82 bits per heavy atom. The normalized spacial score (nSPS) is 16.9. The molecule has 0 saturated carbocycles. The van der Waals surface area contributed by atoms with Crippen molar-refractivity contribution in [3.05, 3.63) is 47.8 Å². The monoisotopic (exact) mass is 468 g/mol. The van der Waals surface area contributed by atoms with Crippen LogP contribution in [-0.2, 0) is 9.53 Å². The van der Waals surface area contributed by atoms with Crippen LogP contribution in [0.4, 0.5) is 31.7 Å². The molecule has 2 aromatic heterocycles. The number of anilines is 4. The number of hydrogen-bond acceptors (Lipinski definition) is 7. The molecule has 10 heteroatoms. The number of nitrogens with one attached hydrogen (secondary N) is 1. The Balaban J connectivity index is 1.58. The second-order valence-corrected chi connectivity index (χ2v) is 8.61. The fraction of sp³-hybridized carbons (Fsp3) is 0.375. The lowest BCUT2D eigenvalue weighted by Crippen LogP contribution is -2.49. The van der Waals surface area contributed by atoms with Gasteiger partial charge >= 0.3 is 0 Å². The van der Waals surface area contributed by atoms with Crippen LogP contribution in [0, 0.1) is 18.6 Å². The van der Waals surface area contributed by atoms with Crippen LogP contribution in [0.2, 0.25) is 0 Å². The number of aromatic nitrogens is 2. The molecule has 8 nitrogen and oxygen atoms in total. The number of ether oxygens (including phenoxy) is 1. The zero-order valence-corrected chi connectivity index (χ0v) is 19.1. The number of rotatable bonds is 4. The maximum Gasteiger partial charge on any atom is 0.241 e. The molecule has 3 aromatic rings. The van der Waals surface area contributed by atoms with Crippen molar-refractivity contribution in [1.82, 2.24) is 14.9 Å². The maximum absolute atomic E-state index is 15.0. The number of halogens is 2. The van der Waals surface area contributed by atoms with E-state index in [0.29, 0.717) is 49.1 Å². The summed E-state index contributed by atoms with van der Waals surface area (Å²) in [4.78, 5) is 26.9. The van der Waals surface area contributed by atoms with E-state index >= 15 is 4.39 Å². The van der Waals surface area contributed by atoms with Crippen LogP contribution >= 0.6 is 0 Å². The van der Waals surface area contributed by atoms with E-state index in [9.17, 15) is 9.18 Å². The molecule has 1 amide bonds. The summed E-state index contributed by atoms with van der Waals surface area (Å²) in [7, 11) is 1.76. The lowest BCUT2D eigenvalue weighted by Gasteiger charge is -2.34. The fourth-order valence-electron chi connectivity index (χ4n) is 4.43. The van der Waals surface area contributed by atoms with Gasteiger partial charge in [-0.1, -0.05) is 0 Å². The molecule has 0 unspecified atom stereocenters. The number of nitrogens with zero attached hydrogens (tertiary/aromatic N) is 5. The molecule has 178 valence electrons. The Labute approximate surface area is 196 Å². The second kappa shape index (κ2) is 9.02. The SMILES string of the molecule is Cc1c(N2CCN(C)C(=O)C2)nc2cc(F)cc(F)c2c1Nc1cncc(N2CCOCC2)c1. The predicted octanol–water partition coefficient (Wildman–Crippen LogP) is 3.08. The topological polar surface area (TPSA) is 73.8 Å². The molecule has 0 radical (unpaired) electrons. The van der Waals surface area contributed by atoms with Crippen molar-refractivity contribution in [1.29, 1.82) is 0 Å². The molecule has 1 aromatic carbocycles. The van der Waals surface area contributed by atoms with Gasteiger partial charge in [0, 0.05) is 50.9 Å². The zero-order valence-electron chi connectivity index (χ0n) is 19.1. The Hall–Kier alpha value is -3.53. The van der Waals surface area contributed by atoms with E-state index in [0.717, 1.165) is 24.8 Å². The first kappa shape index (κ1) is 22.3. The summed E-state index contributed by atoms with van der Waals surface area (Å²) in [5, 5.41) is 3.50. The minimum Gasteiger partial charge on any atom is -0.378 e. The van der Waals surface area contributed by atoms with Crippen molar-refractivity contribution in [3.63, 3.8) is 0 Å². The molecule has 0 atom stereocenters. The van der Waals surface area contributed by atoms with Gasteiger partial charge in [0.05, 0.1) is 60.1 Å². The van der Waals surface area contributed by atoms with Crippen LogP contribution in [0.5, 0.6) is 0 Å². The predicted molar refractivity (Wildman–Crippen MR) is 127 cm³/mol. The highest BCUT2D eigenvalue weighted by molar-refractivity contribution is 5.98. The van der Waals surface area contributed by atoms with Gasteiger partial charge in [-0.25, -0.2) is 13.8 Å². The fourth-order valence-corrected chi connectivity index (χ4v) is 4.43. The van der Waals surface area contributed by atoms with Crippen molar-refractivity contribution < 1.29 is 18.3 Å². The molecular formula is C24H26F2N6O2. The van der Waals surface area contributed by atoms with E-state index in [1.54, 1.807) is 24.3 Å². The van der Waals surface area contributed by atoms with Crippen LogP contribution in [-0.4, -0.2) is 73.8 Å². The zero-order chi connectivity index (χ0) is 23.8. The van der Waals surface area contributed by atoms with Crippen LogP contribution in [0.1, 0.15) is 5.56 Å². The summed E-state index contributed by atoms with van der Waals surface area (Å²) < 4.78 is 34.5. The van der Waals surface area contributed by atoms with Gasteiger partial charge in [0.1, 0.15) is 17.5 Å². The molecule has 2 aliphatic heterocycles. The third-order valence-electron chi connectivity index (χ3n) is 6.35. The standard InChI is InChI=1S/C24H26F2N6O2/c1-15-23(28-17-11-18(13-27-12-17)31-5-7-34-8-6-31)22-19(26)9-16(25)10-20(22)29-24(15)32-4-3-30(2)21(33)14-32/h9-13H,3-8,14H2,1-2H3,(H,28,29). The van der Waals surface area contributed by atoms with Crippen molar-refractivity contribution in [2.45, 2.75) is 6.92 Å². The first-order valence-corrected chi connectivity index (χ1v) is 11.2. The number of benzene rings is 1. The Kier molecular flexibility index (Phi) is 5.91. The van der Waals surface area contributed by atoms with E-state index in [2.05, 4.69) is 20.2 Å².